The van der Waals surface area contributed by atoms with E-state index < -0.39 is 12.2 Å². The van der Waals surface area contributed by atoms with Gasteiger partial charge >= 0.3 is 0 Å². The maximum absolute atomic E-state index is 13.6. The number of rotatable bonds is 3. The third-order valence-electron chi connectivity index (χ3n) is 2.67. The van der Waals surface area contributed by atoms with E-state index in [4.69, 9.17) is 0 Å². The highest BCUT2D eigenvalue weighted by Crippen LogP contribution is 2.24. The standard InChI is InChI=1S/C13H12F3N3/c1-7-10(14)13(17-2)19-12(18-7)9-5-3-8(4-6-9)11(15)16/h3-6,11H,1-2H3,(H,17,18,19). The molecule has 0 amide bonds. The van der Waals surface area contributed by atoms with Crippen molar-refractivity contribution < 1.29 is 13.2 Å². The van der Waals surface area contributed by atoms with Gasteiger partial charge in [-0.3, -0.25) is 0 Å². The molecule has 0 bridgehead atoms. The van der Waals surface area contributed by atoms with E-state index in [0.717, 1.165) is 0 Å². The van der Waals surface area contributed by atoms with E-state index in [0.29, 0.717) is 11.4 Å². The van der Waals surface area contributed by atoms with Crippen LogP contribution in [-0.2, 0) is 0 Å². The molecule has 0 aliphatic carbocycles. The number of halogens is 3. The molecular weight excluding hydrogens is 255 g/mol. The molecule has 100 valence electrons. The molecule has 3 nitrogen and oxygen atoms in total. The summed E-state index contributed by atoms with van der Waals surface area (Å²) in [5.41, 5.74) is 0.688. The quantitative estimate of drug-likeness (QED) is 0.923. The van der Waals surface area contributed by atoms with Crippen LogP contribution in [0.2, 0.25) is 0 Å². The normalized spacial score (nSPS) is 10.8. The van der Waals surface area contributed by atoms with Crippen LogP contribution in [0, 0.1) is 12.7 Å². The van der Waals surface area contributed by atoms with E-state index >= 15 is 0 Å². The highest BCUT2D eigenvalue weighted by atomic mass is 19.3. The summed E-state index contributed by atoms with van der Waals surface area (Å²) < 4.78 is 38.5. The molecule has 0 aliphatic rings. The van der Waals surface area contributed by atoms with Crippen molar-refractivity contribution in [3.63, 3.8) is 0 Å². The van der Waals surface area contributed by atoms with Gasteiger partial charge in [-0.15, -0.1) is 0 Å². The highest BCUT2D eigenvalue weighted by Gasteiger charge is 2.12. The lowest BCUT2D eigenvalue weighted by molar-refractivity contribution is 0.151. The second-order valence-electron chi connectivity index (χ2n) is 3.97. The first kappa shape index (κ1) is 13.3. The Morgan fingerprint density at radius 2 is 1.74 bits per heavy atom. The van der Waals surface area contributed by atoms with Crippen LogP contribution >= 0.6 is 0 Å². The third kappa shape index (κ3) is 2.67. The van der Waals surface area contributed by atoms with E-state index in [9.17, 15) is 13.2 Å². The molecule has 0 spiro atoms. The predicted molar refractivity (Wildman–Crippen MR) is 66.7 cm³/mol. The number of aromatic nitrogens is 2. The van der Waals surface area contributed by atoms with Crippen molar-refractivity contribution in [2.24, 2.45) is 0 Å². The van der Waals surface area contributed by atoms with Crippen molar-refractivity contribution >= 4 is 5.82 Å². The molecule has 19 heavy (non-hydrogen) atoms. The molecule has 0 aliphatic heterocycles. The Labute approximate surface area is 108 Å². The number of nitrogens with one attached hydrogen (secondary N) is 1. The van der Waals surface area contributed by atoms with Crippen LogP contribution in [0.3, 0.4) is 0 Å². The summed E-state index contributed by atoms with van der Waals surface area (Å²) >= 11 is 0. The van der Waals surface area contributed by atoms with Gasteiger partial charge in [-0.05, 0) is 6.92 Å². The minimum atomic E-state index is -2.52. The summed E-state index contributed by atoms with van der Waals surface area (Å²) in [4.78, 5) is 8.02. The third-order valence-corrected chi connectivity index (χ3v) is 2.67. The second-order valence-corrected chi connectivity index (χ2v) is 3.97. The lowest BCUT2D eigenvalue weighted by Crippen LogP contribution is -2.03. The van der Waals surface area contributed by atoms with Crippen LogP contribution < -0.4 is 5.32 Å². The van der Waals surface area contributed by atoms with Gasteiger partial charge in [0.15, 0.2) is 17.5 Å². The molecule has 6 heteroatoms. The average Bonchev–Trinajstić information content (AvgIpc) is 2.41. The first-order valence-electron chi connectivity index (χ1n) is 5.63. The Morgan fingerprint density at radius 1 is 1.11 bits per heavy atom. The molecule has 0 radical (unpaired) electrons. The molecule has 1 heterocycles. The molecule has 0 unspecified atom stereocenters. The smallest absolute Gasteiger partial charge is 0.263 e. The van der Waals surface area contributed by atoms with Crippen LogP contribution in [0.1, 0.15) is 17.7 Å². The van der Waals surface area contributed by atoms with Crippen molar-refractivity contribution in [3.8, 4) is 11.4 Å². The lowest BCUT2D eigenvalue weighted by Gasteiger charge is -2.08. The molecular formula is C13H12F3N3. The Balaban J connectivity index is 2.44. The zero-order valence-electron chi connectivity index (χ0n) is 10.4. The largest absolute Gasteiger partial charge is 0.371 e. The summed E-state index contributed by atoms with van der Waals surface area (Å²) in [5.74, 6) is -0.139. The monoisotopic (exact) mass is 267 g/mol. The van der Waals surface area contributed by atoms with Crippen molar-refractivity contribution in [1.82, 2.24) is 9.97 Å². The Bertz CT molecular complexity index is 582. The van der Waals surface area contributed by atoms with Gasteiger partial charge in [0.25, 0.3) is 6.43 Å². The van der Waals surface area contributed by atoms with Gasteiger partial charge in [0.05, 0.1) is 5.69 Å². The fraction of sp³-hybridized carbons (Fsp3) is 0.231. The van der Waals surface area contributed by atoms with Crippen LogP contribution in [0.15, 0.2) is 24.3 Å². The zero-order valence-corrected chi connectivity index (χ0v) is 10.4. The van der Waals surface area contributed by atoms with E-state index in [1.165, 1.54) is 31.2 Å². The molecule has 2 aromatic rings. The van der Waals surface area contributed by atoms with E-state index in [1.54, 1.807) is 7.05 Å². The van der Waals surface area contributed by atoms with Gasteiger partial charge < -0.3 is 5.32 Å². The number of nitrogens with zero attached hydrogens (tertiary/aromatic N) is 2. The van der Waals surface area contributed by atoms with Crippen molar-refractivity contribution in [2.45, 2.75) is 13.3 Å². The number of aryl methyl sites for hydroxylation is 1. The molecule has 0 fully saturated rings. The zero-order chi connectivity index (χ0) is 14.0. The fourth-order valence-electron chi connectivity index (χ4n) is 1.63. The SMILES string of the molecule is CNc1nc(-c2ccc(C(F)F)cc2)nc(C)c1F. The van der Waals surface area contributed by atoms with Gasteiger partial charge in [-0.1, -0.05) is 24.3 Å². The molecule has 0 saturated heterocycles. The molecule has 1 aromatic heterocycles. The van der Waals surface area contributed by atoms with Gasteiger partial charge in [0.2, 0.25) is 0 Å². The summed E-state index contributed by atoms with van der Waals surface area (Å²) in [6, 6.07) is 5.60. The summed E-state index contributed by atoms with van der Waals surface area (Å²) in [6.45, 7) is 1.52. The molecule has 2 rings (SSSR count). The Kier molecular flexibility index (Phi) is 3.69. The van der Waals surface area contributed by atoms with Crippen molar-refractivity contribution in [1.29, 1.82) is 0 Å². The van der Waals surface area contributed by atoms with Crippen LogP contribution in [0.25, 0.3) is 11.4 Å². The first-order valence-corrected chi connectivity index (χ1v) is 5.63. The van der Waals surface area contributed by atoms with E-state index in [-0.39, 0.29) is 17.1 Å². The fourth-order valence-corrected chi connectivity index (χ4v) is 1.63. The number of hydrogen-bond donors (Lipinski definition) is 1. The lowest BCUT2D eigenvalue weighted by atomic mass is 10.1. The highest BCUT2D eigenvalue weighted by molar-refractivity contribution is 5.58. The van der Waals surface area contributed by atoms with Crippen LogP contribution in [0.5, 0.6) is 0 Å². The summed E-state index contributed by atoms with van der Waals surface area (Å²) in [5, 5.41) is 2.63. The predicted octanol–water partition coefficient (Wildman–Crippen LogP) is 3.57. The topological polar surface area (TPSA) is 37.8 Å². The maximum atomic E-state index is 13.6. The summed E-state index contributed by atoms with van der Waals surface area (Å²) in [7, 11) is 1.55. The van der Waals surface area contributed by atoms with Gasteiger partial charge in [-0.2, -0.15) is 0 Å². The number of benzene rings is 1. The molecule has 1 aromatic carbocycles. The van der Waals surface area contributed by atoms with Crippen LogP contribution in [-0.4, -0.2) is 17.0 Å². The first-order chi connectivity index (χ1) is 9.02. The molecule has 1 N–H and O–H groups in total. The van der Waals surface area contributed by atoms with E-state index in [2.05, 4.69) is 15.3 Å². The van der Waals surface area contributed by atoms with Crippen molar-refractivity contribution in [2.75, 3.05) is 12.4 Å². The Hall–Kier alpha value is -2.11. The maximum Gasteiger partial charge on any atom is 0.263 e. The average molecular weight is 267 g/mol. The van der Waals surface area contributed by atoms with Gasteiger partial charge in [0, 0.05) is 18.2 Å². The molecule has 0 saturated carbocycles. The minimum Gasteiger partial charge on any atom is -0.371 e. The number of anilines is 1. The van der Waals surface area contributed by atoms with Gasteiger partial charge in [0.1, 0.15) is 0 Å². The van der Waals surface area contributed by atoms with Crippen LogP contribution in [0.4, 0.5) is 19.0 Å². The number of hydrogen-bond acceptors (Lipinski definition) is 3. The van der Waals surface area contributed by atoms with Crippen molar-refractivity contribution in [3.05, 3.63) is 41.3 Å². The number of alkyl halides is 2. The van der Waals surface area contributed by atoms with E-state index in [1.807, 2.05) is 0 Å². The second kappa shape index (κ2) is 5.26. The Morgan fingerprint density at radius 3 is 2.26 bits per heavy atom. The minimum absolute atomic E-state index is 0.0728. The van der Waals surface area contributed by atoms with Gasteiger partial charge in [-0.25, -0.2) is 23.1 Å². The summed E-state index contributed by atoms with van der Waals surface area (Å²) in [6.07, 6.45) is -2.52. The molecule has 0 atom stereocenters.